The standard InChI is InChI=1S/C11H14N4O3/c1-7-8(6-12-13-7)11-15-14-9(18-11)4-2-3-5-10(16)17/h6H,2-5H2,1H3,(H,12,13)(H,16,17). The van der Waals surface area contributed by atoms with Crippen molar-refractivity contribution in [2.45, 2.75) is 32.6 Å². The average molecular weight is 250 g/mol. The number of rotatable bonds is 6. The first-order chi connectivity index (χ1) is 8.66. The van der Waals surface area contributed by atoms with Crippen LogP contribution >= 0.6 is 0 Å². The van der Waals surface area contributed by atoms with Gasteiger partial charge in [0, 0.05) is 18.5 Å². The third-order valence-corrected chi connectivity index (χ3v) is 2.56. The molecule has 7 heteroatoms. The summed E-state index contributed by atoms with van der Waals surface area (Å²) in [4.78, 5) is 10.3. The van der Waals surface area contributed by atoms with Gasteiger partial charge in [0.15, 0.2) is 0 Å². The second kappa shape index (κ2) is 5.44. The number of carboxylic acids is 1. The molecule has 0 amide bonds. The fourth-order valence-electron chi connectivity index (χ4n) is 1.58. The second-order valence-electron chi connectivity index (χ2n) is 4.01. The molecule has 0 aliphatic rings. The zero-order valence-corrected chi connectivity index (χ0v) is 10.0. The molecule has 0 radical (unpaired) electrons. The minimum atomic E-state index is -0.782. The van der Waals surface area contributed by atoms with Gasteiger partial charge in [-0.3, -0.25) is 9.89 Å². The number of unbranched alkanes of at least 4 members (excludes halogenated alkanes) is 1. The number of nitrogens with zero attached hydrogens (tertiary/aromatic N) is 3. The molecule has 18 heavy (non-hydrogen) atoms. The highest BCUT2D eigenvalue weighted by molar-refractivity contribution is 5.66. The first kappa shape index (κ1) is 12.3. The number of carboxylic acid groups (broad SMARTS) is 1. The Morgan fingerprint density at radius 2 is 2.28 bits per heavy atom. The van der Waals surface area contributed by atoms with Crippen molar-refractivity contribution in [3.63, 3.8) is 0 Å². The zero-order chi connectivity index (χ0) is 13.0. The van der Waals surface area contributed by atoms with Crippen LogP contribution in [0.25, 0.3) is 11.5 Å². The molecule has 2 aromatic heterocycles. The Morgan fingerprint density at radius 3 is 2.94 bits per heavy atom. The summed E-state index contributed by atoms with van der Waals surface area (Å²) in [6.07, 6.45) is 3.73. The van der Waals surface area contributed by atoms with Gasteiger partial charge in [-0.1, -0.05) is 0 Å². The topological polar surface area (TPSA) is 105 Å². The number of nitrogens with one attached hydrogen (secondary N) is 1. The summed E-state index contributed by atoms with van der Waals surface area (Å²) >= 11 is 0. The molecule has 2 rings (SSSR count). The normalized spacial score (nSPS) is 10.7. The van der Waals surface area contributed by atoms with Gasteiger partial charge in [0.2, 0.25) is 5.89 Å². The molecular weight excluding hydrogens is 236 g/mol. The number of hydrogen-bond acceptors (Lipinski definition) is 5. The molecule has 96 valence electrons. The van der Waals surface area contributed by atoms with Crippen LogP contribution in [0.15, 0.2) is 10.6 Å². The van der Waals surface area contributed by atoms with Crippen molar-refractivity contribution >= 4 is 5.97 Å². The molecule has 0 saturated carbocycles. The van der Waals surface area contributed by atoms with Gasteiger partial charge in [0.1, 0.15) is 0 Å². The van der Waals surface area contributed by atoms with Crippen LogP contribution in [0.2, 0.25) is 0 Å². The minimum absolute atomic E-state index is 0.168. The van der Waals surface area contributed by atoms with E-state index in [1.165, 1.54) is 0 Å². The van der Waals surface area contributed by atoms with Gasteiger partial charge in [-0.25, -0.2) is 0 Å². The van der Waals surface area contributed by atoms with Crippen molar-refractivity contribution < 1.29 is 14.3 Å². The van der Waals surface area contributed by atoms with Gasteiger partial charge in [0.05, 0.1) is 11.8 Å². The predicted octanol–water partition coefficient (Wildman–Crippen LogP) is 1.57. The summed E-state index contributed by atoms with van der Waals surface area (Å²) in [5.74, 6) is 0.181. The lowest BCUT2D eigenvalue weighted by molar-refractivity contribution is -0.137. The van der Waals surface area contributed by atoms with Crippen LogP contribution in [0.1, 0.15) is 30.8 Å². The Morgan fingerprint density at radius 1 is 1.44 bits per heavy atom. The second-order valence-corrected chi connectivity index (χ2v) is 4.01. The smallest absolute Gasteiger partial charge is 0.303 e. The number of carbonyl (C=O) groups is 1. The largest absolute Gasteiger partial charge is 0.481 e. The Bertz CT molecular complexity index is 532. The van der Waals surface area contributed by atoms with E-state index in [9.17, 15) is 4.79 Å². The highest BCUT2D eigenvalue weighted by Crippen LogP contribution is 2.20. The van der Waals surface area contributed by atoms with Gasteiger partial charge < -0.3 is 9.52 Å². The minimum Gasteiger partial charge on any atom is -0.481 e. The maximum atomic E-state index is 10.3. The van der Waals surface area contributed by atoms with E-state index in [1.54, 1.807) is 6.20 Å². The number of aryl methyl sites for hydroxylation is 2. The van der Waals surface area contributed by atoms with Crippen molar-refractivity contribution in [2.24, 2.45) is 0 Å². The number of aromatic nitrogens is 4. The van der Waals surface area contributed by atoms with Crippen molar-refractivity contribution in [1.82, 2.24) is 20.4 Å². The first-order valence-corrected chi connectivity index (χ1v) is 5.71. The molecule has 0 saturated heterocycles. The van der Waals surface area contributed by atoms with Gasteiger partial charge in [-0.2, -0.15) is 5.10 Å². The average Bonchev–Trinajstić information content (AvgIpc) is 2.92. The van der Waals surface area contributed by atoms with Crippen LogP contribution in [-0.2, 0) is 11.2 Å². The van der Waals surface area contributed by atoms with Crippen LogP contribution < -0.4 is 0 Å². The molecule has 7 nitrogen and oxygen atoms in total. The van der Waals surface area contributed by atoms with Crippen LogP contribution in [0.4, 0.5) is 0 Å². The molecule has 2 N–H and O–H groups in total. The molecule has 2 heterocycles. The highest BCUT2D eigenvalue weighted by atomic mass is 16.4. The van der Waals surface area contributed by atoms with Crippen molar-refractivity contribution in [3.05, 3.63) is 17.8 Å². The third-order valence-electron chi connectivity index (χ3n) is 2.56. The predicted molar refractivity (Wildman–Crippen MR) is 61.8 cm³/mol. The summed E-state index contributed by atoms with van der Waals surface area (Å²) in [7, 11) is 0. The summed E-state index contributed by atoms with van der Waals surface area (Å²) in [6.45, 7) is 1.87. The Kier molecular flexibility index (Phi) is 3.71. The van der Waals surface area contributed by atoms with Gasteiger partial charge in [-0.05, 0) is 19.8 Å². The molecule has 0 atom stereocenters. The number of hydrogen-bond donors (Lipinski definition) is 2. The fraction of sp³-hybridized carbons (Fsp3) is 0.455. The quantitative estimate of drug-likeness (QED) is 0.754. The van der Waals surface area contributed by atoms with E-state index in [4.69, 9.17) is 9.52 Å². The molecule has 0 unspecified atom stereocenters. The molecular formula is C11H14N4O3. The molecule has 0 bridgehead atoms. The number of H-pyrrole nitrogens is 1. The van der Waals surface area contributed by atoms with Crippen LogP contribution in [0.3, 0.4) is 0 Å². The Hall–Kier alpha value is -2.18. The number of aliphatic carboxylic acids is 1. The van der Waals surface area contributed by atoms with Crippen molar-refractivity contribution in [3.8, 4) is 11.5 Å². The van der Waals surface area contributed by atoms with Crippen LogP contribution in [0.5, 0.6) is 0 Å². The van der Waals surface area contributed by atoms with E-state index in [2.05, 4.69) is 20.4 Å². The maximum Gasteiger partial charge on any atom is 0.303 e. The first-order valence-electron chi connectivity index (χ1n) is 5.71. The molecule has 0 aliphatic heterocycles. The molecule has 2 aromatic rings. The monoisotopic (exact) mass is 250 g/mol. The SMILES string of the molecule is Cc1[nH]ncc1-c1nnc(CCCCC(=O)O)o1. The summed E-state index contributed by atoms with van der Waals surface area (Å²) < 4.78 is 5.49. The van der Waals surface area contributed by atoms with E-state index in [0.717, 1.165) is 17.7 Å². The van der Waals surface area contributed by atoms with Crippen LogP contribution in [-0.4, -0.2) is 31.5 Å². The zero-order valence-electron chi connectivity index (χ0n) is 10.0. The molecule has 0 aliphatic carbocycles. The third kappa shape index (κ3) is 2.93. The van der Waals surface area contributed by atoms with Gasteiger partial charge in [0.25, 0.3) is 5.89 Å². The molecule has 0 spiro atoms. The van der Waals surface area contributed by atoms with E-state index < -0.39 is 5.97 Å². The van der Waals surface area contributed by atoms with E-state index in [-0.39, 0.29) is 6.42 Å². The Balaban J connectivity index is 1.91. The summed E-state index contributed by atoms with van der Waals surface area (Å²) in [5.41, 5.74) is 1.66. The fourth-order valence-corrected chi connectivity index (χ4v) is 1.58. The highest BCUT2D eigenvalue weighted by Gasteiger charge is 2.12. The molecule has 0 aromatic carbocycles. The van der Waals surface area contributed by atoms with E-state index in [0.29, 0.717) is 24.6 Å². The van der Waals surface area contributed by atoms with E-state index in [1.807, 2.05) is 6.92 Å². The number of aromatic amines is 1. The Labute approximate surface area is 103 Å². The van der Waals surface area contributed by atoms with Crippen molar-refractivity contribution in [1.29, 1.82) is 0 Å². The lowest BCUT2D eigenvalue weighted by Crippen LogP contribution is -1.95. The van der Waals surface area contributed by atoms with Crippen LogP contribution in [0, 0.1) is 6.92 Å². The molecule has 0 fully saturated rings. The van der Waals surface area contributed by atoms with Gasteiger partial charge in [-0.15, -0.1) is 10.2 Å². The van der Waals surface area contributed by atoms with Crippen molar-refractivity contribution in [2.75, 3.05) is 0 Å². The summed E-state index contributed by atoms with van der Waals surface area (Å²) in [5, 5.41) is 23.1. The maximum absolute atomic E-state index is 10.3. The van der Waals surface area contributed by atoms with Gasteiger partial charge >= 0.3 is 5.97 Å². The lowest BCUT2D eigenvalue weighted by atomic mass is 10.2. The van der Waals surface area contributed by atoms with E-state index >= 15 is 0 Å². The lowest BCUT2D eigenvalue weighted by Gasteiger charge is -1.94. The summed E-state index contributed by atoms with van der Waals surface area (Å²) in [6, 6.07) is 0.